The van der Waals surface area contributed by atoms with Crippen molar-refractivity contribution in [3.63, 3.8) is 0 Å². The summed E-state index contributed by atoms with van der Waals surface area (Å²) in [5.74, 6) is 1.70. The standard InChI is InChI=1S/C13H17ClN4O/c1-9(6-7-15)2-5-12-17-13(18-19-12)11-4-3-10(14)8-16-11/h3-4,8-9H,2,5-7,15H2,1H3. The Morgan fingerprint density at radius 2 is 2.21 bits per heavy atom. The minimum Gasteiger partial charge on any atom is -0.339 e. The molecule has 1 unspecified atom stereocenters. The van der Waals surface area contributed by atoms with Gasteiger partial charge in [0.15, 0.2) is 0 Å². The van der Waals surface area contributed by atoms with Crippen molar-refractivity contribution in [2.24, 2.45) is 11.7 Å². The second-order valence-corrected chi connectivity index (χ2v) is 5.03. The summed E-state index contributed by atoms with van der Waals surface area (Å²) in [5.41, 5.74) is 6.18. The van der Waals surface area contributed by atoms with Gasteiger partial charge in [-0.15, -0.1) is 0 Å². The lowest BCUT2D eigenvalue weighted by Crippen LogP contribution is -2.06. The highest BCUT2D eigenvalue weighted by molar-refractivity contribution is 6.30. The molecule has 0 aliphatic carbocycles. The molecule has 0 spiro atoms. The third-order valence-corrected chi connectivity index (χ3v) is 3.16. The van der Waals surface area contributed by atoms with E-state index in [9.17, 15) is 0 Å². The molecule has 6 heteroatoms. The smallest absolute Gasteiger partial charge is 0.227 e. The Bertz CT molecular complexity index is 512. The maximum atomic E-state index is 5.78. The van der Waals surface area contributed by atoms with Gasteiger partial charge in [0.05, 0.1) is 5.02 Å². The first-order valence-electron chi connectivity index (χ1n) is 6.33. The van der Waals surface area contributed by atoms with Gasteiger partial charge in [-0.05, 0) is 37.4 Å². The molecule has 0 aliphatic heterocycles. The molecule has 0 radical (unpaired) electrons. The van der Waals surface area contributed by atoms with Crippen LogP contribution >= 0.6 is 11.6 Å². The van der Waals surface area contributed by atoms with Crippen LogP contribution in [0.3, 0.4) is 0 Å². The van der Waals surface area contributed by atoms with Crippen LogP contribution in [0.15, 0.2) is 22.9 Å². The van der Waals surface area contributed by atoms with E-state index in [0.29, 0.717) is 34.9 Å². The zero-order valence-corrected chi connectivity index (χ0v) is 11.6. The topological polar surface area (TPSA) is 77.8 Å². The van der Waals surface area contributed by atoms with E-state index in [1.54, 1.807) is 18.3 Å². The number of hydrogen-bond donors (Lipinski definition) is 1. The SMILES string of the molecule is CC(CCN)CCc1nc(-c2ccc(Cl)cn2)no1. The maximum Gasteiger partial charge on any atom is 0.227 e. The Morgan fingerprint density at radius 3 is 2.89 bits per heavy atom. The normalized spacial score (nSPS) is 12.6. The van der Waals surface area contributed by atoms with Crippen LogP contribution in [0.25, 0.3) is 11.5 Å². The number of halogens is 1. The van der Waals surface area contributed by atoms with Crippen molar-refractivity contribution >= 4 is 11.6 Å². The van der Waals surface area contributed by atoms with E-state index in [0.717, 1.165) is 19.3 Å². The fraction of sp³-hybridized carbons (Fsp3) is 0.462. The highest BCUT2D eigenvalue weighted by Gasteiger charge is 2.11. The first-order valence-corrected chi connectivity index (χ1v) is 6.71. The lowest BCUT2D eigenvalue weighted by atomic mass is 10.0. The number of aromatic nitrogens is 3. The highest BCUT2D eigenvalue weighted by Crippen LogP contribution is 2.17. The first kappa shape index (κ1) is 14.0. The maximum absolute atomic E-state index is 5.78. The van der Waals surface area contributed by atoms with Crippen molar-refractivity contribution in [1.82, 2.24) is 15.1 Å². The van der Waals surface area contributed by atoms with Gasteiger partial charge in [0.25, 0.3) is 0 Å². The predicted molar refractivity (Wildman–Crippen MR) is 73.7 cm³/mol. The molecule has 19 heavy (non-hydrogen) atoms. The van der Waals surface area contributed by atoms with Gasteiger partial charge in [0.2, 0.25) is 11.7 Å². The van der Waals surface area contributed by atoms with Gasteiger partial charge >= 0.3 is 0 Å². The molecule has 0 saturated carbocycles. The van der Waals surface area contributed by atoms with E-state index in [1.807, 2.05) is 0 Å². The number of pyridine rings is 1. The largest absolute Gasteiger partial charge is 0.339 e. The van der Waals surface area contributed by atoms with E-state index in [2.05, 4.69) is 22.0 Å². The average molecular weight is 281 g/mol. The van der Waals surface area contributed by atoms with Crippen LogP contribution < -0.4 is 5.73 Å². The van der Waals surface area contributed by atoms with Crippen molar-refractivity contribution in [3.05, 3.63) is 29.2 Å². The van der Waals surface area contributed by atoms with E-state index in [-0.39, 0.29) is 0 Å². The Morgan fingerprint density at radius 1 is 1.37 bits per heavy atom. The van der Waals surface area contributed by atoms with Crippen LogP contribution in [0.1, 0.15) is 25.7 Å². The summed E-state index contributed by atoms with van der Waals surface area (Å²) >= 11 is 5.78. The van der Waals surface area contributed by atoms with Crippen LogP contribution in [0, 0.1) is 5.92 Å². The fourth-order valence-corrected chi connectivity index (χ4v) is 1.88. The quantitative estimate of drug-likeness (QED) is 0.880. The number of rotatable bonds is 6. The van der Waals surface area contributed by atoms with E-state index in [4.69, 9.17) is 21.9 Å². The zero-order valence-electron chi connectivity index (χ0n) is 10.8. The summed E-state index contributed by atoms with van der Waals surface area (Å²) < 4.78 is 5.21. The molecule has 2 heterocycles. The summed E-state index contributed by atoms with van der Waals surface area (Å²) in [4.78, 5) is 8.48. The second-order valence-electron chi connectivity index (χ2n) is 4.59. The second kappa shape index (κ2) is 6.63. The van der Waals surface area contributed by atoms with Gasteiger partial charge in [0, 0.05) is 12.6 Å². The van der Waals surface area contributed by atoms with Gasteiger partial charge in [-0.25, -0.2) is 0 Å². The average Bonchev–Trinajstić information content (AvgIpc) is 2.86. The summed E-state index contributed by atoms with van der Waals surface area (Å²) in [6.45, 7) is 2.88. The molecule has 5 nitrogen and oxygen atoms in total. The molecule has 0 aliphatic rings. The molecule has 0 fully saturated rings. The fourth-order valence-electron chi connectivity index (χ4n) is 1.77. The predicted octanol–water partition coefficient (Wildman–Crippen LogP) is 2.70. The lowest BCUT2D eigenvalue weighted by molar-refractivity contribution is 0.362. The van der Waals surface area contributed by atoms with Gasteiger partial charge < -0.3 is 10.3 Å². The van der Waals surface area contributed by atoms with E-state index < -0.39 is 0 Å². The van der Waals surface area contributed by atoms with E-state index >= 15 is 0 Å². The molecule has 2 N–H and O–H groups in total. The summed E-state index contributed by atoms with van der Waals surface area (Å²) in [6.07, 6.45) is 4.34. The third kappa shape index (κ3) is 4.01. The van der Waals surface area contributed by atoms with Gasteiger partial charge in [0.1, 0.15) is 5.69 Å². The van der Waals surface area contributed by atoms with Crippen molar-refractivity contribution < 1.29 is 4.52 Å². The Hall–Kier alpha value is -1.46. The highest BCUT2D eigenvalue weighted by atomic mass is 35.5. The molecule has 1 atom stereocenters. The van der Waals surface area contributed by atoms with Crippen LogP contribution in [-0.4, -0.2) is 21.7 Å². The molecule has 2 aromatic rings. The monoisotopic (exact) mass is 280 g/mol. The minimum atomic E-state index is 0.498. The number of nitrogens with zero attached hydrogens (tertiary/aromatic N) is 3. The van der Waals surface area contributed by atoms with Gasteiger partial charge in [-0.3, -0.25) is 4.98 Å². The Labute approximate surface area is 117 Å². The minimum absolute atomic E-state index is 0.498. The summed E-state index contributed by atoms with van der Waals surface area (Å²) in [6, 6.07) is 3.53. The molecule has 0 aromatic carbocycles. The first-order chi connectivity index (χ1) is 9.19. The molecule has 2 aromatic heterocycles. The van der Waals surface area contributed by atoms with Crippen molar-refractivity contribution in [2.75, 3.05) is 6.54 Å². The lowest BCUT2D eigenvalue weighted by Gasteiger charge is -2.06. The van der Waals surface area contributed by atoms with Crippen LogP contribution in [0.4, 0.5) is 0 Å². The van der Waals surface area contributed by atoms with Crippen molar-refractivity contribution in [2.45, 2.75) is 26.2 Å². The number of hydrogen-bond acceptors (Lipinski definition) is 5. The molecular weight excluding hydrogens is 264 g/mol. The molecule has 0 amide bonds. The molecule has 0 bridgehead atoms. The third-order valence-electron chi connectivity index (χ3n) is 2.94. The van der Waals surface area contributed by atoms with Crippen LogP contribution in [0.2, 0.25) is 5.02 Å². The zero-order chi connectivity index (χ0) is 13.7. The van der Waals surface area contributed by atoms with Gasteiger partial charge in [-0.2, -0.15) is 4.98 Å². The summed E-state index contributed by atoms with van der Waals surface area (Å²) in [7, 11) is 0. The number of aryl methyl sites for hydroxylation is 1. The van der Waals surface area contributed by atoms with E-state index in [1.165, 1.54) is 0 Å². The van der Waals surface area contributed by atoms with Crippen LogP contribution in [0.5, 0.6) is 0 Å². The number of nitrogens with two attached hydrogens (primary N) is 1. The molecule has 0 saturated heterocycles. The van der Waals surface area contributed by atoms with Crippen molar-refractivity contribution in [1.29, 1.82) is 0 Å². The Kier molecular flexibility index (Phi) is 4.87. The molecule has 2 rings (SSSR count). The molecular formula is C13H17ClN4O. The molecule has 102 valence electrons. The van der Waals surface area contributed by atoms with Crippen molar-refractivity contribution in [3.8, 4) is 11.5 Å². The Balaban J connectivity index is 1.97. The van der Waals surface area contributed by atoms with Gasteiger partial charge in [-0.1, -0.05) is 23.7 Å². The summed E-state index contributed by atoms with van der Waals surface area (Å²) in [5, 5.41) is 4.51. The van der Waals surface area contributed by atoms with Crippen LogP contribution in [-0.2, 0) is 6.42 Å².